The third kappa shape index (κ3) is 9.39. The van der Waals surface area contributed by atoms with Crippen LogP contribution in [0.1, 0.15) is 56.1 Å². The van der Waals surface area contributed by atoms with Crippen molar-refractivity contribution in [3.8, 4) is 5.75 Å². The van der Waals surface area contributed by atoms with Gasteiger partial charge in [-0.2, -0.15) is 4.31 Å². The van der Waals surface area contributed by atoms with Crippen molar-refractivity contribution < 1.29 is 50.8 Å². The highest BCUT2D eigenvalue weighted by Gasteiger charge is 2.44. The largest absolute Gasteiger partial charge is 0.497 e. The Morgan fingerprint density at radius 2 is 1.79 bits per heavy atom. The molecule has 0 bridgehead atoms. The summed E-state index contributed by atoms with van der Waals surface area (Å²) in [5.41, 5.74) is 0.584. The van der Waals surface area contributed by atoms with Crippen LogP contribution in [-0.2, 0) is 42.0 Å². The second kappa shape index (κ2) is 16.5. The lowest BCUT2D eigenvalue weighted by atomic mass is 10.0. The van der Waals surface area contributed by atoms with E-state index in [9.17, 15) is 27.1 Å². The number of hydrogen-bond acceptors (Lipinski definition) is 9. The molecule has 2 aromatic carbocycles. The number of benzene rings is 2. The lowest BCUT2D eigenvalue weighted by molar-refractivity contribution is -0.0907. The summed E-state index contributed by atoms with van der Waals surface area (Å²) in [5.74, 6) is -1.30. The Balaban J connectivity index is 1.40. The molecule has 5 atom stereocenters. The number of fused-ring (bicyclic) bond motifs is 2. The maximum Gasteiger partial charge on any atom is 0.407 e. The van der Waals surface area contributed by atoms with Crippen molar-refractivity contribution in [2.24, 2.45) is 5.92 Å². The summed E-state index contributed by atoms with van der Waals surface area (Å²) in [6.07, 6.45) is 2.19. The van der Waals surface area contributed by atoms with Crippen LogP contribution in [0.15, 0.2) is 41.3 Å². The Morgan fingerprint density at radius 1 is 1.04 bits per heavy atom. The summed E-state index contributed by atoms with van der Waals surface area (Å²) in [5, 5.41) is 14.2. The van der Waals surface area contributed by atoms with Crippen molar-refractivity contribution in [1.29, 1.82) is 0 Å². The summed E-state index contributed by atoms with van der Waals surface area (Å²) in [4.78, 5) is 13.2. The normalized spacial score (nSPS) is 25.1. The molecule has 3 aliphatic heterocycles. The maximum absolute atomic E-state index is 14.2. The molecule has 0 spiro atoms. The van der Waals surface area contributed by atoms with E-state index in [-0.39, 0.29) is 42.6 Å². The molecule has 3 aliphatic rings. The summed E-state index contributed by atoms with van der Waals surface area (Å²) < 4.78 is 85.8. The fourth-order valence-electron chi connectivity index (χ4n) is 6.35. The van der Waals surface area contributed by atoms with Crippen molar-refractivity contribution in [2.75, 3.05) is 40.0 Å². The van der Waals surface area contributed by atoms with Crippen molar-refractivity contribution in [2.45, 2.75) is 87.4 Å². The molecule has 2 saturated heterocycles. The number of aliphatic hydroxyl groups excluding tert-OH is 1. The molecule has 0 aliphatic carbocycles. The van der Waals surface area contributed by atoms with Crippen LogP contribution in [0.2, 0.25) is 0 Å². The van der Waals surface area contributed by atoms with Crippen molar-refractivity contribution in [1.82, 2.24) is 9.62 Å². The number of nitrogens with one attached hydrogen (secondary N) is 1. The Hall–Kier alpha value is -2.88. The van der Waals surface area contributed by atoms with Gasteiger partial charge in [-0.25, -0.2) is 22.0 Å². The number of methoxy groups -OCH3 is 1. The first kappa shape index (κ1) is 35.4. The van der Waals surface area contributed by atoms with E-state index in [0.717, 1.165) is 50.3 Å². The van der Waals surface area contributed by atoms with Crippen LogP contribution >= 0.6 is 0 Å². The Morgan fingerprint density at radius 3 is 2.55 bits per heavy atom. The molecular formula is C33H44F2N2O9S. The molecule has 0 radical (unpaired) electrons. The standard InChI is InChI=1S/C33H44F2N2O9S/c1-42-26-8-9-31-23(17-26)20-43-12-7-5-3-2-4-6-11-37(47(31,40)41)19-29(38)28(16-22-14-24(34)18-25(35)15-22)36-33(39)46-30-21-45-32-27(30)10-13-44-32/h8-9,14-15,17-18,27-30,32,38H,2-7,10-13,16,19-21H2,1H3,(H,36,39)/t27-,28-,29+,30?,32+/m0/s1. The molecule has 2 aromatic rings. The summed E-state index contributed by atoms with van der Waals surface area (Å²) in [6.45, 7) is 0.884. The molecule has 1 amide bonds. The van der Waals surface area contributed by atoms with Gasteiger partial charge in [-0.05, 0) is 61.6 Å². The van der Waals surface area contributed by atoms with E-state index in [1.54, 1.807) is 12.1 Å². The van der Waals surface area contributed by atoms with Gasteiger partial charge in [0.15, 0.2) is 6.29 Å². The van der Waals surface area contributed by atoms with Gasteiger partial charge in [-0.3, -0.25) is 0 Å². The molecule has 47 heavy (non-hydrogen) atoms. The van der Waals surface area contributed by atoms with Crippen LogP contribution in [0.3, 0.4) is 0 Å². The first-order valence-corrected chi connectivity index (χ1v) is 17.7. The van der Waals surface area contributed by atoms with Gasteiger partial charge >= 0.3 is 6.09 Å². The van der Waals surface area contributed by atoms with E-state index in [0.29, 0.717) is 37.4 Å². The van der Waals surface area contributed by atoms with Crippen LogP contribution in [0.25, 0.3) is 0 Å². The molecule has 1 unspecified atom stereocenters. The predicted molar refractivity (Wildman–Crippen MR) is 166 cm³/mol. The average Bonchev–Trinajstić information content (AvgIpc) is 3.65. The Bertz CT molecular complexity index is 1440. The predicted octanol–water partition coefficient (Wildman–Crippen LogP) is 4.29. The van der Waals surface area contributed by atoms with Gasteiger partial charge in [0.05, 0.1) is 49.9 Å². The topological polar surface area (TPSA) is 133 Å². The van der Waals surface area contributed by atoms with Gasteiger partial charge in [0.1, 0.15) is 23.5 Å². The molecule has 0 saturated carbocycles. The molecule has 11 nitrogen and oxygen atoms in total. The number of nitrogens with zero attached hydrogens (tertiary/aromatic N) is 1. The zero-order valence-corrected chi connectivity index (χ0v) is 27.4. The number of carbonyl (C=O) groups is 1. The summed E-state index contributed by atoms with van der Waals surface area (Å²) >= 11 is 0. The first-order chi connectivity index (χ1) is 22.6. The molecule has 2 N–H and O–H groups in total. The fraction of sp³-hybridized carbons (Fsp3) is 0.606. The lowest BCUT2D eigenvalue weighted by Crippen LogP contribution is -2.51. The number of sulfonamides is 1. The summed E-state index contributed by atoms with van der Waals surface area (Å²) in [6, 6.07) is 6.40. The van der Waals surface area contributed by atoms with Gasteiger partial charge < -0.3 is 34.1 Å². The van der Waals surface area contributed by atoms with Crippen LogP contribution < -0.4 is 10.1 Å². The van der Waals surface area contributed by atoms with E-state index in [1.807, 2.05) is 0 Å². The van der Waals surface area contributed by atoms with E-state index in [1.165, 1.54) is 17.5 Å². The van der Waals surface area contributed by atoms with Crippen molar-refractivity contribution in [3.05, 3.63) is 59.2 Å². The monoisotopic (exact) mass is 682 g/mol. The van der Waals surface area contributed by atoms with E-state index in [4.69, 9.17) is 23.7 Å². The molecule has 0 aromatic heterocycles. The highest BCUT2D eigenvalue weighted by molar-refractivity contribution is 7.89. The second-order valence-electron chi connectivity index (χ2n) is 12.3. The number of ether oxygens (including phenoxy) is 5. The minimum Gasteiger partial charge on any atom is -0.497 e. The lowest BCUT2D eigenvalue weighted by Gasteiger charge is -2.30. The smallest absolute Gasteiger partial charge is 0.407 e. The minimum atomic E-state index is -4.18. The molecule has 2 fully saturated rings. The second-order valence-corrected chi connectivity index (χ2v) is 14.2. The molecule has 14 heteroatoms. The highest BCUT2D eigenvalue weighted by atomic mass is 32.2. The van der Waals surface area contributed by atoms with E-state index < -0.39 is 58.8 Å². The molecule has 5 rings (SSSR count). The number of β-amino-alcohol motifs (C(OH)–C–C–N with tert-alkyl or cyclic N) is 1. The molecule has 3 heterocycles. The maximum atomic E-state index is 14.2. The molecular weight excluding hydrogens is 638 g/mol. The third-order valence-electron chi connectivity index (χ3n) is 8.87. The van der Waals surface area contributed by atoms with Gasteiger partial charge in [0.2, 0.25) is 10.0 Å². The summed E-state index contributed by atoms with van der Waals surface area (Å²) in [7, 11) is -2.69. The zero-order valence-electron chi connectivity index (χ0n) is 26.6. The number of hydrogen-bond donors (Lipinski definition) is 2. The van der Waals surface area contributed by atoms with Crippen LogP contribution in [0.4, 0.5) is 13.6 Å². The van der Waals surface area contributed by atoms with E-state index >= 15 is 0 Å². The average molecular weight is 683 g/mol. The minimum absolute atomic E-state index is 0.0215. The Kier molecular flexibility index (Phi) is 12.4. The SMILES string of the molecule is COc1ccc2c(c1)COCCCCCCCCN(C[C@@H](O)[C@H](Cc1cc(F)cc(F)c1)NC(=O)OC1CO[C@H]3OCC[C@@H]13)S2(=O)=O. The quantitative estimate of drug-likeness (QED) is 0.419. The van der Waals surface area contributed by atoms with Gasteiger partial charge in [0.25, 0.3) is 0 Å². The van der Waals surface area contributed by atoms with Gasteiger partial charge in [-0.15, -0.1) is 0 Å². The number of rotatable bonds is 8. The van der Waals surface area contributed by atoms with Crippen LogP contribution in [0.5, 0.6) is 5.75 Å². The first-order valence-electron chi connectivity index (χ1n) is 16.2. The van der Waals surface area contributed by atoms with E-state index in [2.05, 4.69) is 5.32 Å². The van der Waals surface area contributed by atoms with Gasteiger partial charge in [0, 0.05) is 31.3 Å². The van der Waals surface area contributed by atoms with Crippen LogP contribution in [-0.4, -0.2) is 88.5 Å². The Labute approximate surface area is 274 Å². The molecule has 260 valence electrons. The third-order valence-corrected chi connectivity index (χ3v) is 10.8. The van der Waals surface area contributed by atoms with Crippen LogP contribution in [0, 0.1) is 17.6 Å². The number of halogens is 2. The fourth-order valence-corrected chi connectivity index (χ4v) is 8.04. The highest BCUT2D eigenvalue weighted by Crippen LogP contribution is 2.33. The van der Waals surface area contributed by atoms with Gasteiger partial charge in [-0.1, -0.05) is 25.7 Å². The number of carbonyl (C=O) groups excluding carboxylic acids is 1. The number of aliphatic hydroxyl groups is 1. The zero-order chi connectivity index (χ0) is 33.4. The van der Waals surface area contributed by atoms with Crippen molar-refractivity contribution >= 4 is 16.1 Å². The van der Waals surface area contributed by atoms with Crippen molar-refractivity contribution in [3.63, 3.8) is 0 Å². The number of alkyl carbamates (subject to hydrolysis) is 1. The number of amides is 1.